The standard InChI is InChI=1S/C11H17NO2S/c13-5-1-4-11-12-10(7-14-11)9-3-2-6-15-8-9/h7,9,13H,1-6,8H2. The van der Waals surface area contributed by atoms with Gasteiger partial charge in [-0.1, -0.05) is 0 Å². The Bertz CT molecular complexity index is 295. The van der Waals surface area contributed by atoms with Crippen LogP contribution in [0.2, 0.25) is 0 Å². The summed E-state index contributed by atoms with van der Waals surface area (Å²) >= 11 is 2.00. The normalized spacial score (nSPS) is 21.8. The highest BCUT2D eigenvalue weighted by molar-refractivity contribution is 7.99. The van der Waals surface area contributed by atoms with Crippen molar-refractivity contribution in [2.75, 3.05) is 18.1 Å². The zero-order valence-corrected chi connectivity index (χ0v) is 9.63. The number of aryl methyl sites for hydroxylation is 1. The summed E-state index contributed by atoms with van der Waals surface area (Å²) in [6, 6.07) is 0. The number of rotatable bonds is 4. The van der Waals surface area contributed by atoms with Gasteiger partial charge in [-0.3, -0.25) is 0 Å². The topological polar surface area (TPSA) is 46.3 Å². The second kappa shape index (κ2) is 5.56. The molecule has 0 amide bonds. The molecular formula is C11H17NO2S. The SMILES string of the molecule is OCCCc1nc(C2CCCSC2)co1. The lowest BCUT2D eigenvalue weighted by atomic mass is 10.0. The Morgan fingerprint density at radius 2 is 2.53 bits per heavy atom. The quantitative estimate of drug-likeness (QED) is 0.856. The molecule has 0 aromatic carbocycles. The Morgan fingerprint density at radius 3 is 3.27 bits per heavy atom. The largest absolute Gasteiger partial charge is 0.449 e. The predicted octanol–water partition coefficient (Wildman–Crippen LogP) is 2.21. The van der Waals surface area contributed by atoms with Crippen LogP contribution in [0.4, 0.5) is 0 Å². The van der Waals surface area contributed by atoms with Gasteiger partial charge in [-0.2, -0.15) is 11.8 Å². The van der Waals surface area contributed by atoms with E-state index < -0.39 is 0 Å². The number of aromatic nitrogens is 1. The molecule has 2 heterocycles. The summed E-state index contributed by atoms with van der Waals surface area (Å²) in [5, 5.41) is 8.71. The zero-order valence-electron chi connectivity index (χ0n) is 8.82. The number of oxazole rings is 1. The number of nitrogens with zero attached hydrogens (tertiary/aromatic N) is 1. The van der Waals surface area contributed by atoms with E-state index >= 15 is 0 Å². The van der Waals surface area contributed by atoms with Crippen LogP contribution in [0.1, 0.15) is 36.8 Å². The molecule has 84 valence electrons. The summed E-state index contributed by atoms with van der Waals surface area (Å²) in [4.78, 5) is 4.48. The van der Waals surface area contributed by atoms with Crippen molar-refractivity contribution >= 4 is 11.8 Å². The van der Waals surface area contributed by atoms with Crippen molar-refractivity contribution in [1.29, 1.82) is 0 Å². The fraction of sp³-hybridized carbons (Fsp3) is 0.727. The number of hydrogen-bond acceptors (Lipinski definition) is 4. The van der Waals surface area contributed by atoms with E-state index in [0.29, 0.717) is 5.92 Å². The van der Waals surface area contributed by atoms with Gasteiger partial charge in [0.25, 0.3) is 0 Å². The third-order valence-electron chi connectivity index (χ3n) is 2.70. The Balaban J connectivity index is 1.93. The van der Waals surface area contributed by atoms with E-state index in [1.165, 1.54) is 24.3 Å². The molecule has 4 heteroatoms. The van der Waals surface area contributed by atoms with Crippen molar-refractivity contribution < 1.29 is 9.52 Å². The van der Waals surface area contributed by atoms with Gasteiger partial charge in [0, 0.05) is 24.7 Å². The van der Waals surface area contributed by atoms with Crippen molar-refractivity contribution in [3.05, 3.63) is 17.8 Å². The van der Waals surface area contributed by atoms with Gasteiger partial charge in [0.2, 0.25) is 0 Å². The molecule has 0 aliphatic carbocycles. The molecular weight excluding hydrogens is 210 g/mol. The van der Waals surface area contributed by atoms with Gasteiger partial charge in [0.05, 0.1) is 5.69 Å². The molecule has 0 spiro atoms. The Morgan fingerprint density at radius 1 is 1.60 bits per heavy atom. The highest BCUT2D eigenvalue weighted by atomic mass is 32.2. The van der Waals surface area contributed by atoms with E-state index in [0.717, 1.165) is 24.4 Å². The highest BCUT2D eigenvalue weighted by Crippen LogP contribution is 2.30. The molecule has 1 aliphatic heterocycles. The number of aliphatic hydroxyl groups excluding tert-OH is 1. The van der Waals surface area contributed by atoms with Crippen LogP contribution in [0.5, 0.6) is 0 Å². The van der Waals surface area contributed by atoms with Crippen LogP contribution in [0.25, 0.3) is 0 Å². The van der Waals surface area contributed by atoms with Crippen molar-refractivity contribution in [3.63, 3.8) is 0 Å². The average Bonchev–Trinajstić information content (AvgIpc) is 2.76. The van der Waals surface area contributed by atoms with E-state index in [9.17, 15) is 0 Å². The number of thioether (sulfide) groups is 1. The van der Waals surface area contributed by atoms with Gasteiger partial charge in [-0.05, 0) is 25.0 Å². The van der Waals surface area contributed by atoms with E-state index in [2.05, 4.69) is 4.98 Å². The van der Waals surface area contributed by atoms with Crippen molar-refractivity contribution in [2.24, 2.45) is 0 Å². The van der Waals surface area contributed by atoms with E-state index in [1.54, 1.807) is 6.26 Å². The third-order valence-corrected chi connectivity index (χ3v) is 3.91. The monoisotopic (exact) mass is 227 g/mol. The number of aliphatic hydroxyl groups is 1. The fourth-order valence-electron chi connectivity index (χ4n) is 1.83. The van der Waals surface area contributed by atoms with Crippen molar-refractivity contribution in [1.82, 2.24) is 4.98 Å². The maximum absolute atomic E-state index is 8.71. The van der Waals surface area contributed by atoms with Gasteiger partial charge in [-0.15, -0.1) is 0 Å². The summed E-state index contributed by atoms with van der Waals surface area (Å²) < 4.78 is 5.39. The first kappa shape index (κ1) is 11.0. The second-order valence-corrected chi connectivity index (χ2v) is 5.06. The lowest BCUT2D eigenvalue weighted by Crippen LogP contribution is -2.09. The van der Waals surface area contributed by atoms with Crippen molar-refractivity contribution in [3.8, 4) is 0 Å². The Hall–Kier alpha value is -0.480. The van der Waals surface area contributed by atoms with Gasteiger partial charge < -0.3 is 9.52 Å². The molecule has 0 radical (unpaired) electrons. The smallest absolute Gasteiger partial charge is 0.194 e. The first-order valence-electron chi connectivity index (χ1n) is 5.53. The molecule has 1 aliphatic rings. The minimum Gasteiger partial charge on any atom is -0.449 e. The zero-order chi connectivity index (χ0) is 10.5. The summed E-state index contributed by atoms with van der Waals surface area (Å²) in [6.07, 6.45) is 5.80. The highest BCUT2D eigenvalue weighted by Gasteiger charge is 2.19. The van der Waals surface area contributed by atoms with E-state index in [1.807, 2.05) is 11.8 Å². The second-order valence-electron chi connectivity index (χ2n) is 3.91. The molecule has 1 saturated heterocycles. The van der Waals surface area contributed by atoms with E-state index in [4.69, 9.17) is 9.52 Å². The van der Waals surface area contributed by atoms with Crippen LogP contribution in [0.3, 0.4) is 0 Å². The first-order chi connectivity index (χ1) is 7.40. The van der Waals surface area contributed by atoms with Crippen LogP contribution in [-0.4, -0.2) is 28.2 Å². The summed E-state index contributed by atoms with van der Waals surface area (Å²) in [5.41, 5.74) is 1.11. The minimum atomic E-state index is 0.205. The molecule has 0 bridgehead atoms. The van der Waals surface area contributed by atoms with Gasteiger partial charge in [0.1, 0.15) is 6.26 Å². The molecule has 3 nitrogen and oxygen atoms in total. The third kappa shape index (κ3) is 2.98. The molecule has 1 atom stereocenters. The minimum absolute atomic E-state index is 0.205. The first-order valence-corrected chi connectivity index (χ1v) is 6.68. The summed E-state index contributed by atoms with van der Waals surface area (Å²) in [5.74, 6) is 3.81. The molecule has 1 aromatic rings. The average molecular weight is 227 g/mol. The van der Waals surface area contributed by atoms with Crippen LogP contribution in [-0.2, 0) is 6.42 Å². The van der Waals surface area contributed by atoms with Gasteiger partial charge in [0.15, 0.2) is 5.89 Å². The summed E-state index contributed by atoms with van der Waals surface area (Å²) in [6.45, 7) is 0.205. The predicted molar refractivity (Wildman–Crippen MR) is 61.2 cm³/mol. The molecule has 1 unspecified atom stereocenters. The lowest BCUT2D eigenvalue weighted by Gasteiger charge is -2.18. The van der Waals surface area contributed by atoms with Gasteiger partial charge in [-0.25, -0.2) is 4.98 Å². The van der Waals surface area contributed by atoms with Crippen LogP contribution < -0.4 is 0 Å². The molecule has 1 fully saturated rings. The van der Waals surface area contributed by atoms with E-state index in [-0.39, 0.29) is 6.61 Å². The van der Waals surface area contributed by atoms with Crippen molar-refractivity contribution in [2.45, 2.75) is 31.6 Å². The molecule has 2 rings (SSSR count). The fourth-order valence-corrected chi connectivity index (χ4v) is 2.99. The maximum Gasteiger partial charge on any atom is 0.194 e. The van der Waals surface area contributed by atoms with Crippen LogP contribution >= 0.6 is 11.8 Å². The van der Waals surface area contributed by atoms with Gasteiger partial charge >= 0.3 is 0 Å². The number of hydrogen-bond donors (Lipinski definition) is 1. The molecule has 1 aromatic heterocycles. The molecule has 1 N–H and O–H groups in total. The lowest BCUT2D eigenvalue weighted by molar-refractivity contribution is 0.283. The maximum atomic E-state index is 8.71. The van der Waals surface area contributed by atoms with Crippen LogP contribution in [0, 0.1) is 0 Å². The Labute approximate surface area is 94.3 Å². The van der Waals surface area contributed by atoms with Crippen LogP contribution in [0.15, 0.2) is 10.7 Å². The Kier molecular flexibility index (Phi) is 4.09. The molecule has 15 heavy (non-hydrogen) atoms. The molecule has 0 saturated carbocycles. The summed E-state index contributed by atoms with van der Waals surface area (Å²) in [7, 11) is 0.